The van der Waals surface area contributed by atoms with Crippen molar-refractivity contribution in [3.8, 4) is 0 Å². The molecule has 0 aliphatic carbocycles. The van der Waals surface area contributed by atoms with E-state index in [0.29, 0.717) is 11.1 Å². The first-order valence-corrected chi connectivity index (χ1v) is 8.11. The van der Waals surface area contributed by atoms with Crippen LogP contribution in [0.25, 0.3) is 0 Å². The molecule has 0 bridgehead atoms. The number of esters is 1. The number of carbonyl (C=O) groups excluding carboxylic acids is 3. The Bertz CT molecular complexity index is 939. The molecule has 0 spiro atoms. The first kappa shape index (κ1) is 17.4. The minimum Gasteiger partial charge on any atom is -0.460 e. The van der Waals surface area contributed by atoms with Crippen molar-refractivity contribution in [3.05, 3.63) is 94.9 Å². The fourth-order valence-corrected chi connectivity index (χ4v) is 2.58. The number of ether oxygens (including phenoxy) is 1. The van der Waals surface area contributed by atoms with E-state index in [1.807, 2.05) is 0 Å². The topological polar surface area (TPSA) is 73.6 Å². The molecule has 3 aromatic rings. The summed E-state index contributed by atoms with van der Waals surface area (Å²) in [7, 11) is 0. The van der Waals surface area contributed by atoms with Crippen LogP contribution in [0.15, 0.2) is 71.3 Å². The van der Waals surface area contributed by atoms with Gasteiger partial charge < -0.3 is 9.15 Å². The van der Waals surface area contributed by atoms with Crippen molar-refractivity contribution >= 4 is 17.5 Å². The van der Waals surface area contributed by atoms with E-state index in [1.165, 1.54) is 0 Å². The van der Waals surface area contributed by atoms with E-state index < -0.39 is 17.5 Å². The van der Waals surface area contributed by atoms with Crippen LogP contribution < -0.4 is 0 Å². The third-order valence-electron chi connectivity index (χ3n) is 3.80. The molecular formula is C21H16O5. The molecule has 0 atom stereocenters. The molecule has 5 nitrogen and oxygen atoms in total. The maximum atomic E-state index is 13.0. The standard InChI is InChI=1S/C21H16O5/c1-2-25-21(24)20-17(19(23)15-11-7-4-8-12-15)16(13-26-20)18(22)14-9-5-3-6-10-14/h3-13H,2H2,1H3. The second-order valence-electron chi connectivity index (χ2n) is 5.46. The molecule has 0 saturated carbocycles. The summed E-state index contributed by atoms with van der Waals surface area (Å²) in [6, 6.07) is 16.9. The predicted octanol–water partition coefficient (Wildman–Crippen LogP) is 3.92. The fourth-order valence-electron chi connectivity index (χ4n) is 2.58. The van der Waals surface area contributed by atoms with Gasteiger partial charge in [0.25, 0.3) is 0 Å². The largest absolute Gasteiger partial charge is 0.460 e. The molecule has 0 N–H and O–H groups in total. The summed E-state index contributed by atoms with van der Waals surface area (Å²) in [5.41, 5.74) is 0.698. The molecule has 0 aliphatic heterocycles. The number of ketones is 2. The Labute approximate surface area is 150 Å². The molecule has 3 rings (SSSR count). The summed E-state index contributed by atoms with van der Waals surface area (Å²) in [4.78, 5) is 38.0. The molecule has 130 valence electrons. The Balaban J connectivity index is 2.12. The Morgan fingerprint density at radius 2 is 1.38 bits per heavy atom. The van der Waals surface area contributed by atoms with Crippen LogP contribution in [0.2, 0.25) is 0 Å². The van der Waals surface area contributed by atoms with Crippen LogP contribution in [-0.4, -0.2) is 24.1 Å². The molecule has 0 unspecified atom stereocenters. The molecule has 1 aromatic heterocycles. The number of furan rings is 1. The monoisotopic (exact) mass is 348 g/mol. The maximum absolute atomic E-state index is 13.0. The predicted molar refractivity (Wildman–Crippen MR) is 94.4 cm³/mol. The van der Waals surface area contributed by atoms with Crippen molar-refractivity contribution in [2.75, 3.05) is 6.61 Å². The number of hydrogen-bond acceptors (Lipinski definition) is 5. The summed E-state index contributed by atoms with van der Waals surface area (Å²) in [6.07, 6.45) is 1.14. The number of hydrogen-bond donors (Lipinski definition) is 0. The van der Waals surface area contributed by atoms with Gasteiger partial charge in [0.2, 0.25) is 5.76 Å². The molecule has 26 heavy (non-hydrogen) atoms. The van der Waals surface area contributed by atoms with Gasteiger partial charge in [-0.2, -0.15) is 0 Å². The van der Waals surface area contributed by atoms with Crippen LogP contribution in [0.3, 0.4) is 0 Å². The van der Waals surface area contributed by atoms with E-state index in [4.69, 9.17) is 9.15 Å². The fraction of sp³-hybridized carbons (Fsp3) is 0.0952. The zero-order valence-electron chi connectivity index (χ0n) is 14.1. The summed E-state index contributed by atoms with van der Waals surface area (Å²) >= 11 is 0. The van der Waals surface area contributed by atoms with Crippen molar-refractivity contribution in [3.63, 3.8) is 0 Å². The highest BCUT2D eigenvalue weighted by atomic mass is 16.5. The molecule has 0 fully saturated rings. The van der Waals surface area contributed by atoms with Crippen LogP contribution in [-0.2, 0) is 4.74 Å². The zero-order valence-corrected chi connectivity index (χ0v) is 14.1. The first-order chi connectivity index (χ1) is 12.6. The van der Waals surface area contributed by atoms with E-state index >= 15 is 0 Å². The van der Waals surface area contributed by atoms with Gasteiger partial charge in [-0.1, -0.05) is 60.7 Å². The molecule has 0 amide bonds. The average molecular weight is 348 g/mol. The lowest BCUT2D eigenvalue weighted by molar-refractivity contribution is 0.0486. The molecule has 0 saturated heterocycles. The lowest BCUT2D eigenvalue weighted by Crippen LogP contribution is -2.14. The highest BCUT2D eigenvalue weighted by Crippen LogP contribution is 2.25. The highest BCUT2D eigenvalue weighted by Gasteiger charge is 2.30. The lowest BCUT2D eigenvalue weighted by atomic mass is 9.95. The van der Waals surface area contributed by atoms with E-state index in [0.717, 1.165) is 6.26 Å². The molecule has 0 radical (unpaired) electrons. The molecular weight excluding hydrogens is 332 g/mol. The molecule has 2 aromatic carbocycles. The van der Waals surface area contributed by atoms with E-state index in [9.17, 15) is 14.4 Å². The summed E-state index contributed by atoms with van der Waals surface area (Å²) in [6.45, 7) is 1.77. The van der Waals surface area contributed by atoms with Crippen molar-refractivity contribution in [2.45, 2.75) is 6.92 Å². The Hall–Kier alpha value is -3.47. The van der Waals surface area contributed by atoms with Gasteiger partial charge >= 0.3 is 5.97 Å². The zero-order chi connectivity index (χ0) is 18.5. The van der Waals surface area contributed by atoms with Gasteiger partial charge in [0, 0.05) is 11.1 Å². The van der Waals surface area contributed by atoms with Gasteiger partial charge in [0.1, 0.15) is 6.26 Å². The number of rotatable bonds is 6. The Morgan fingerprint density at radius 1 is 0.846 bits per heavy atom. The van der Waals surface area contributed by atoms with Gasteiger partial charge in [0.05, 0.1) is 17.7 Å². The lowest BCUT2D eigenvalue weighted by Gasteiger charge is -2.05. The van der Waals surface area contributed by atoms with E-state index in [2.05, 4.69) is 0 Å². The van der Waals surface area contributed by atoms with Gasteiger partial charge in [-0.25, -0.2) is 4.79 Å². The van der Waals surface area contributed by atoms with Gasteiger partial charge in [-0.15, -0.1) is 0 Å². The van der Waals surface area contributed by atoms with Crippen LogP contribution in [0.4, 0.5) is 0 Å². The van der Waals surface area contributed by atoms with E-state index in [-0.39, 0.29) is 23.5 Å². The maximum Gasteiger partial charge on any atom is 0.375 e. The van der Waals surface area contributed by atoms with Crippen molar-refractivity contribution in [1.82, 2.24) is 0 Å². The Kier molecular flexibility index (Phi) is 5.08. The van der Waals surface area contributed by atoms with Crippen LogP contribution in [0.1, 0.15) is 49.3 Å². The minimum atomic E-state index is -0.779. The SMILES string of the molecule is CCOC(=O)c1occ(C(=O)c2ccccc2)c1C(=O)c1ccccc1. The second-order valence-corrected chi connectivity index (χ2v) is 5.46. The van der Waals surface area contributed by atoms with Crippen LogP contribution in [0.5, 0.6) is 0 Å². The number of benzene rings is 2. The minimum absolute atomic E-state index is 0.0353. The second kappa shape index (κ2) is 7.61. The van der Waals surface area contributed by atoms with Crippen molar-refractivity contribution < 1.29 is 23.5 Å². The third kappa shape index (κ3) is 3.32. The first-order valence-electron chi connectivity index (χ1n) is 8.11. The summed E-state index contributed by atoms with van der Waals surface area (Å²) < 4.78 is 10.2. The highest BCUT2D eigenvalue weighted by molar-refractivity contribution is 6.22. The normalized spacial score (nSPS) is 10.3. The van der Waals surface area contributed by atoms with Crippen molar-refractivity contribution in [2.24, 2.45) is 0 Å². The smallest absolute Gasteiger partial charge is 0.375 e. The summed E-state index contributed by atoms with van der Waals surface area (Å²) in [5, 5.41) is 0. The van der Waals surface area contributed by atoms with Crippen molar-refractivity contribution in [1.29, 1.82) is 0 Å². The molecule has 5 heteroatoms. The van der Waals surface area contributed by atoms with Crippen LogP contribution in [0, 0.1) is 0 Å². The van der Waals surface area contributed by atoms with Gasteiger partial charge in [-0.3, -0.25) is 9.59 Å². The quantitative estimate of drug-likeness (QED) is 0.499. The van der Waals surface area contributed by atoms with E-state index in [1.54, 1.807) is 67.6 Å². The average Bonchev–Trinajstić information content (AvgIpc) is 3.13. The summed E-state index contributed by atoms with van der Waals surface area (Å²) in [5.74, 6) is -1.91. The van der Waals surface area contributed by atoms with Gasteiger partial charge in [-0.05, 0) is 6.92 Å². The molecule has 1 heterocycles. The molecule has 0 aliphatic rings. The van der Waals surface area contributed by atoms with Crippen LogP contribution >= 0.6 is 0 Å². The van der Waals surface area contributed by atoms with Gasteiger partial charge in [0.15, 0.2) is 11.6 Å². The Morgan fingerprint density at radius 3 is 1.92 bits per heavy atom. The third-order valence-corrected chi connectivity index (χ3v) is 3.80. The number of carbonyl (C=O) groups is 3.